The van der Waals surface area contributed by atoms with Crippen LogP contribution in [0.25, 0.3) is 11.1 Å². The lowest BCUT2D eigenvalue weighted by Crippen LogP contribution is -2.24. The zero-order chi connectivity index (χ0) is 23.8. The van der Waals surface area contributed by atoms with E-state index in [2.05, 4.69) is 27.2 Å². The van der Waals surface area contributed by atoms with Crippen molar-refractivity contribution in [3.63, 3.8) is 0 Å². The topological polar surface area (TPSA) is 81.1 Å². The quantitative estimate of drug-likeness (QED) is 0.369. The largest absolute Gasteiger partial charge is 0.497 e. The second-order valence-corrected chi connectivity index (χ2v) is 7.22. The number of anilines is 2. The molecule has 1 amide bonds. The summed E-state index contributed by atoms with van der Waals surface area (Å²) in [4.78, 5) is 21.0. The predicted octanol–water partition coefficient (Wildman–Crippen LogP) is 4.64. The van der Waals surface area contributed by atoms with E-state index in [4.69, 9.17) is 4.74 Å². The molecule has 0 saturated carbocycles. The van der Waals surface area contributed by atoms with Crippen molar-refractivity contribution in [2.24, 2.45) is 7.05 Å². The standard InChI is InChI=1S/C25H26FN5O2/c1-5-20(13-22(6-2)33-4)29-24(32)12-18-8-7-17(11-23(18)26)19-14-27-25(28-15-19)30-21-9-10-31(3)16-21/h5-11,13-16H,1,12H2,2-4H3,(H,29,32)(H,27,28,30)/b20-13+,22-6+. The summed E-state index contributed by atoms with van der Waals surface area (Å²) >= 11 is 0. The van der Waals surface area contributed by atoms with Crippen molar-refractivity contribution in [2.45, 2.75) is 13.3 Å². The van der Waals surface area contributed by atoms with Crippen LogP contribution < -0.4 is 10.6 Å². The average molecular weight is 448 g/mol. The van der Waals surface area contributed by atoms with Crippen LogP contribution >= 0.6 is 0 Å². The third kappa shape index (κ3) is 6.39. The first-order chi connectivity index (χ1) is 15.9. The van der Waals surface area contributed by atoms with Gasteiger partial charge in [-0.05, 0) is 42.3 Å². The number of amides is 1. The van der Waals surface area contributed by atoms with E-state index in [0.717, 1.165) is 5.69 Å². The number of nitrogens with one attached hydrogen (secondary N) is 2. The highest BCUT2D eigenvalue weighted by atomic mass is 19.1. The van der Waals surface area contributed by atoms with Gasteiger partial charge in [0.15, 0.2) is 0 Å². The second kappa shape index (κ2) is 10.9. The predicted molar refractivity (Wildman–Crippen MR) is 127 cm³/mol. The van der Waals surface area contributed by atoms with Crippen LogP contribution in [0.1, 0.15) is 12.5 Å². The molecule has 3 aromatic rings. The number of ether oxygens (including phenoxy) is 1. The molecule has 7 nitrogen and oxygen atoms in total. The Morgan fingerprint density at radius 2 is 2.00 bits per heavy atom. The number of hydrogen-bond donors (Lipinski definition) is 2. The first-order valence-corrected chi connectivity index (χ1v) is 10.3. The van der Waals surface area contributed by atoms with Gasteiger partial charge in [0.1, 0.15) is 11.6 Å². The Morgan fingerprint density at radius 1 is 1.24 bits per heavy atom. The zero-order valence-electron chi connectivity index (χ0n) is 18.8. The van der Waals surface area contributed by atoms with E-state index in [9.17, 15) is 9.18 Å². The third-order valence-electron chi connectivity index (χ3n) is 4.80. The third-order valence-corrected chi connectivity index (χ3v) is 4.80. The number of carbonyl (C=O) groups is 1. The molecule has 0 fully saturated rings. The summed E-state index contributed by atoms with van der Waals surface area (Å²) in [5.41, 5.74) is 2.90. The van der Waals surface area contributed by atoms with Gasteiger partial charge in [0.2, 0.25) is 11.9 Å². The molecule has 0 atom stereocenters. The van der Waals surface area contributed by atoms with Gasteiger partial charge in [-0.15, -0.1) is 0 Å². The molecule has 2 aromatic heterocycles. The lowest BCUT2D eigenvalue weighted by Gasteiger charge is -2.09. The zero-order valence-corrected chi connectivity index (χ0v) is 18.8. The maximum atomic E-state index is 14.7. The van der Waals surface area contributed by atoms with Crippen molar-refractivity contribution >= 4 is 17.5 Å². The molecule has 0 spiro atoms. The number of benzene rings is 1. The Morgan fingerprint density at radius 3 is 2.58 bits per heavy atom. The molecule has 0 saturated heterocycles. The van der Waals surface area contributed by atoms with Gasteiger partial charge in [0.05, 0.1) is 19.2 Å². The fourth-order valence-corrected chi connectivity index (χ4v) is 3.06. The molecule has 2 heterocycles. The van der Waals surface area contributed by atoms with E-state index in [1.165, 1.54) is 19.3 Å². The number of rotatable bonds is 9. The van der Waals surface area contributed by atoms with Gasteiger partial charge in [0.25, 0.3) is 0 Å². The first kappa shape index (κ1) is 23.5. The van der Waals surface area contributed by atoms with Crippen LogP contribution in [0.5, 0.6) is 0 Å². The Balaban J connectivity index is 1.67. The lowest BCUT2D eigenvalue weighted by molar-refractivity contribution is -0.119. The van der Waals surface area contributed by atoms with Crippen LogP contribution in [0.4, 0.5) is 16.0 Å². The van der Waals surface area contributed by atoms with E-state index >= 15 is 0 Å². The highest BCUT2D eigenvalue weighted by molar-refractivity contribution is 5.81. The minimum Gasteiger partial charge on any atom is -0.497 e. The van der Waals surface area contributed by atoms with E-state index < -0.39 is 5.82 Å². The molecule has 0 radical (unpaired) electrons. The van der Waals surface area contributed by atoms with Crippen molar-refractivity contribution in [1.29, 1.82) is 0 Å². The number of halogens is 1. The van der Waals surface area contributed by atoms with Gasteiger partial charge >= 0.3 is 0 Å². The van der Waals surface area contributed by atoms with Crippen LogP contribution in [-0.4, -0.2) is 27.6 Å². The maximum Gasteiger partial charge on any atom is 0.228 e. The van der Waals surface area contributed by atoms with Gasteiger partial charge in [-0.1, -0.05) is 18.7 Å². The molecule has 0 unspecified atom stereocenters. The second-order valence-electron chi connectivity index (χ2n) is 7.22. The molecule has 0 aliphatic rings. The van der Waals surface area contributed by atoms with Crippen molar-refractivity contribution < 1.29 is 13.9 Å². The summed E-state index contributed by atoms with van der Waals surface area (Å²) in [6, 6.07) is 6.61. The smallest absolute Gasteiger partial charge is 0.228 e. The Hall–Kier alpha value is -4.20. The number of hydrogen-bond acceptors (Lipinski definition) is 5. The fourth-order valence-electron chi connectivity index (χ4n) is 3.06. The van der Waals surface area contributed by atoms with Gasteiger partial charge in [-0.25, -0.2) is 14.4 Å². The SMILES string of the molecule is C=C/C(=C\C(=C/C)OC)NC(=O)Cc1ccc(-c2cnc(Nc3ccn(C)c3)nc2)cc1F. The van der Waals surface area contributed by atoms with Crippen LogP contribution in [0.15, 0.2) is 85.3 Å². The van der Waals surface area contributed by atoms with Crippen molar-refractivity contribution in [2.75, 3.05) is 12.4 Å². The van der Waals surface area contributed by atoms with Crippen molar-refractivity contribution in [1.82, 2.24) is 19.9 Å². The fraction of sp³-hybridized carbons (Fsp3) is 0.160. The summed E-state index contributed by atoms with van der Waals surface area (Å²) in [5, 5.41) is 5.80. The normalized spacial score (nSPS) is 11.8. The summed E-state index contributed by atoms with van der Waals surface area (Å²) in [5.74, 6) is 0.176. The van der Waals surface area contributed by atoms with Crippen LogP contribution in [0, 0.1) is 5.82 Å². The van der Waals surface area contributed by atoms with E-state index in [1.807, 2.05) is 37.0 Å². The minimum absolute atomic E-state index is 0.119. The molecule has 3 rings (SSSR count). The van der Waals surface area contributed by atoms with Gasteiger partial charge in [-0.3, -0.25) is 4.79 Å². The summed E-state index contributed by atoms with van der Waals surface area (Å²) in [7, 11) is 3.46. The first-order valence-electron chi connectivity index (χ1n) is 10.3. The highest BCUT2D eigenvalue weighted by Crippen LogP contribution is 2.22. The molecular formula is C25H26FN5O2. The Labute approximate surface area is 192 Å². The van der Waals surface area contributed by atoms with Gasteiger partial charge in [0, 0.05) is 49.2 Å². The molecule has 0 aliphatic carbocycles. The summed E-state index contributed by atoms with van der Waals surface area (Å²) in [6.07, 6.45) is 11.8. The number of allylic oxidation sites excluding steroid dienone is 3. The van der Waals surface area contributed by atoms with Crippen LogP contribution in [-0.2, 0) is 23.0 Å². The van der Waals surface area contributed by atoms with Crippen LogP contribution in [0.3, 0.4) is 0 Å². The molecule has 33 heavy (non-hydrogen) atoms. The average Bonchev–Trinajstić information content (AvgIpc) is 3.22. The molecule has 8 heteroatoms. The molecule has 1 aromatic carbocycles. The van der Waals surface area contributed by atoms with Crippen LogP contribution in [0.2, 0.25) is 0 Å². The van der Waals surface area contributed by atoms with E-state index in [0.29, 0.717) is 28.5 Å². The monoisotopic (exact) mass is 447 g/mol. The Bertz CT molecular complexity index is 1200. The molecule has 170 valence electrons. The molecule has 2 N–H and O–H groups in total. The van der Waals surface area contributed by atoms with Crippen molar-refractivity contribution in [3.8, 4) is 11.1 Å². The van der Waals surface area contributed by atoms with Gasteiger partial charge in [-0.2, -0.15) is 0 Å². The number of carbonyl (C=O) groups excluding carboxylic acids is 1. The number of aromatic nitrogens is 3. The summed E-state index contributed by atoms with van der Waals surface area (Å²) < 4.78 is 21.8. The summed E-state index contributed by atoms with van der Waals surface area (Å²) in [6.45, 7) is 5.49. The number of methoxy groups -OCH3 is 1. The minimum atomic E-state index is -0.482. The maximum absolute atomic E-state index is 14.7. The molecule has 0 bridgehead atoms. The number of nitrogens with zero attached hydrogens (tertiary/aromatic N) is 3. The molecular weight excluding hydrogens is 421 g/mol. The molecule has 0 aliphatic heterocycles. The Kier molecular flexibility index (Phi) is 7.75. The lowest BCUT2D eigenvalue weighted by atomic mass is 10.0. The van der Waals surface area contributed by atoms with E-state index in [1.54, 1.807) is 36.7 Å². The highest BCUT2D eigenvalue weighted by Gasteiger charge is 2.11. The van der Waals surface area contributed by atoms with Crippen molar-refractivity contribution in [3.05, 3.63) is 96.7 Å². The number of aryl methyl sites for hydroxylation is 1. The van der Waals surface area contributed by atoms with E-state index in [-0.39, 0.29) is 17.9 Å². The van der Waals surface area contributed by atoms with Gasteiger partial charge < -0.3 is 19.9 Å².